The number of unbranched alkanes of at least 4 members (excludes halogenated alkanes) is 3. The van der Waals surface area contributed by atoms with Crippen LogP contribution >= 0.6 is 0 Å². The summed E-state index contributed by atoms with van der Waals surface area (Å²) in [5, 5.41) is 0. The summed E-state index contributed by atoms with van der Waals surface area (Å²) in [6.45, 7) is 6.12. The van der Waals surface area contributed by atoms with Gasteiger partial charge in [0, 0.05) is 12.3 Å². The first-order valence-electron chi connectivity index (χ1n) is 12.7. The molecule has 2 aliphatic rings. The molecule has 0 radical (unpaired) electrons. The fraction of sp³-hybridized carbons (Fsp3) is 0.778. The summed E-state index contributed by atoms with van der Waals surface area (Å²) in [5.41, 5.74) is 2.00. The van der Waals surface area contributed by atoms with Crippen molar-refractivity contribution in [1.29, 1.82) is 0 Å². The minimum Gasteiger partial charge on any atom is -0.352 e. The van der Waals surface area contributed by atoms with Crippen LogP contribution in [0.15, 0.2) is 18.2 Å². The average Bonchev–Trinajstić information content (AvgIpc) is 2.78. The van der Waals surface area contributed by atoms with Crippen molar-refractivity contribution in [3.05, 3.63) is 35.1 Å². The molecular formula is C27H43FO2. The van der Waals surface area contributed by atoms with Crippen molar-refractivity contribution in [1.82, 2.24) is 0 Å². The van der Waals surface area contributed by atoms with E-state index in [2.05, 4.69) is 19.9 Å². The van der Waals surface area contributed by atoms with E-state index in [1.807, 2.05) is 6.07 Å². The maximum Gasteiger partial charge on any atom is 0.157 e. The molecule has 170 valence electrons. The number of halogens is 1. The summed E-state index contributed by atoms with van der Waals surface area (Å²) in [4.78, 5) is 0. The first kappa shape index (κ1) is 23.7. The highest BCUT2D eigenvalue weighted by atomic mass is 19.1. The van der Waals surface area contributed by atoms with Crippen molar-refractivity contribution >= 4 is 0 Å². The van der Waals surface area contributed by atoms with E-state index in [0.717, 1.165) is 55.9 Å². The highest BCUT2D eigenvalue weighted by Gasteiger charge is 2.25. The Morgan fingerprint density at radius 3 is 2.20 bits per heavy atom. The van der Waals surface area contributed by atoms with E-state index in [1.54, 1.807) is 6.07 Å². The maximum absolute atomic E-state index is 14.8. The van der Waals surface area contributed by atoms with E-state index < -0.39 is 0 Å². The minimum atomic E-state index is -0.131. The second-order valence-electron chi connectivity index (χ2n) is 9.71. The van der Waals surface area contributed by atoms with Gasteiger partial charge in [-0.3, -0.25) is 0 Å². The van der Waals surface area contributed by atoms with Gasteiger partial charge >= 0.3 is 0 Å². The van der Waals surface area contributed by atoms with Crippen LogP contribution < -0.4 is 0 Å². The molecule has 30 heavy (non-hydrogen) atoms. The van der Waals surface area contributed by atoms with Crippen molar-refractivity contribution < 1.29 is 13.9 Å². The van der Waals surface area contributed by atoms with Gasteiger partial charge in [-0.05, 0) is 67.6 Å². The Bertz CT molecular complexity index is 601. The molecule has 3 heteroatoms. The quantitative estimate of drug-likeness (QED) is 0.341. The lowest BCUT2D eigenvalue weighted by atomic mass is 9.77. The van der Waals surface area contributed by atoms with Crippen molar-refractivity contribution in [3.63, 3.8) is 0 Å². The Kier molecular flexibility index (Phi) is 10.1. The molecule has 1 heterocycles. The van der Waals surface area contributed by atoms with Gasteiger partial charge in [0.25, 0.3) is 0 Å². The molecule has 0 aromatic heterocycles. The maximum atomic E-state index is 14.8. The molecule has 0 atom stereocenters. The summed E-state index contributed by atoms with van der Waals surface area (Å²) in [5.74, 6) is 1.81. The standard InChI is InChI=1S/C27H43FO2/c1-3-5-7-9-23-19-29-27(30-20-23)17-13-22-12-16-25(26(28)18-22)24-14-10-21(11-15-24)8-6-4-2/h12,16,18,21,23-24,27H,3-11,13-15,17,19-20H2,1-2H3. The first-order chi connectivity index (χ1) is 14.7. The molecule has 1 aliphatic carbocycles. The topological polar surface area (TPSA) is 18.5 Å². The van der Waals surface area contributed by atoms with Crippen LogP contribution in [0.2, 0.25) is 0 Å². The van der Waals surface area contributed by atoms with E-state index in [4.69, 9.17) is 9.47 Å². The summed E-state index contributed by atoms with van der Waals surface area (Å²) in [6.07, 6.45) is 15.3. The van der Waals surface area contributed by atoms with Crippen LogP contribution in [-0.4, -0.2) is 19.5 Å². The average molecular weight is 419 g/mol. The molecule has 1 aromatic rings. The third kappa shape index (κ3) is 7.34. The number of rotatable bonds is 11. The van der Waals surface area contributed by atoms with Crippen molar-refractivity contribution in [3.8, 4) is 0 Å². The van der Waals surface area contributed by atoms with Crippen molar-refractivity contribution in [2.24, 2.45) is 11.8 Å². The Hall–Kier alpha value is -0.930. The van der Waals surface area contributed by atoms with Gasteiger partial charge < -0.3 is 9.47 Å². The van der Waals surface area contributed by atoms with E-state index in [1.165, 1.54) is 57.8 Å². The number of ether oxygens (including phenoxy) is 2. The highest BCUT2D eigenvalue weighted by molar-refractivity contribution is 5.28. The molecule has 2 nitrogen and oxygen atoms in total. The largest absolute Gasteiger partial charge is 0.352 e. The Balaban J connectivity index is 1.40. The zero-order chi connectivity index (χ0) is 21.2. The minimum absolute atomic E-state index is 0.00835. The lowest BCUT2D eigenvalue weighted by Gasteiger charge is -2.30. The lowest BCUT2D eigenvalue weighted by molar-refractivity contribution is -0.203. The molecule has 0 N–H and O–H groups in total. The van der Waals surface area contributed by atoms with E-state index in [9.17, 15) is 4.39 Å². The van der Waals surface area contributed by atoms with Gasteiger partial charge in [0.05, 0.1) is 13.2 Å². The summed E-state index contributed by atoms with van der Waals surface area (Å²) < 4.78 is 26.7. The van der Waals surface area contributed by atoms with Gasteiger partial charge in [-0.2, -0.15) is 0 Å². The van der Waals surface area contributed by atoms with Crippen LogP contribution in [-0.2, 0) is 15.9 Å². The second kappa shape index (κ2) is 12.8. The van der Waals surface area contributed by atoms with Gasteiger partial charge in [0.15, 0.2) is 6.29 Å². The number of hydrogen-bond donors (Lipinski definition) is 0. The van der Waals surface area contributed by atoms with Crippen molar-refractivity contribution in [2.45, 2.75) is 110 Å². The molecule has 0 spiro atoms. The molecule has 2 fully saturated rings. The van der Waals surface area contributed by atoms with E-state index in [0.29, 0.717) is 11.8 Å². The molecule has 3 rings (SSSR count). The van der Waals surface area contributed by atoms with Crippen LogP contribution in [0, 0.1) is 17.7 Å². The highest BCUT2D eigenvalue weighted by Crippen LogP contribution is 2.38. The Labute approximate surface area is 183 Å². The third-order valence-electron chi connectivity index (χ3n) is 7.24. The Morgan fingerprint density at radius 1 is 0.833 bits per heavy atom. The third-order valence-corrected chi connectivity index (χ3v) is 7.24. The van der Waals surface area contributed by atoms with Gasteiger partial charge in [-0.15, -0.1) is 0 Å². The van der Waals surface area contributed by atoms with Crippen LogP contribution in [0.5, 0.6) is 0 Å². The molecular weight excluding hydrogens is 375 g/mol. The van der Waals surface area contributed by atoms with Crippen LogP contribution in [0.4, 0.5) is 4.39 Å². The smallest absolute Gasteiger partial charge is 0.157 e. The molecule has 1 aromatic carbocycles. The normalized spacial score (nSPS) is 27.3. The van der Waals surface area contributed by atoms with Crippen molar-refractivity contribution in [2.75, 3.05) is 13.2 Å². The summed E-state index contributed by atoms with van der Waals surface area (Å²) in [6, 6.07) is 5.93. The van der Waals surface area contributed by atoms with E-state index in [-0.39, 0.29) is 12.1 Å². The predicted molar refractivity (Wildman–Crippen MR) is 122 cm³/mol. The lowest BCUT2D eigenvalue weighted by Crippen LogP contribution is -2.32. The predicted octanol–water partition coefficient (Wildman–Crippen LogP) is 7.79. The molecule has 1 saturated heterocycles. The second-order valence-corrected chi connectivity index (χ2v) is 9.71. The van der Waals surface area contributed by atoms with Crippen LogP contribution in [0.25, 0.3) is 0 Å². The number of benzene rings is 1. The Morgan fingerprint density at radius 2 is 1.53 bits per heavy atom. The zero-order valence-electron chi connectivity index (χ0n) is 19.3. The molecule has 1 saturated carbocycles. The molecule has 0 unspecified atom stereocenters. The molecule has 0 bridgehead atoms. The monoisotopic (exact) mass is 418 g/mol. The zero-order valence-corrected chi connectivity index (χ0v) is 19.3. The first-order valence-corrected chi connectivity index (χ1v) is 12.7. The number of aryl methyl sites for hydroxylation is 1. The SMILES string of the molecule is CCCCCC1COC(CCc2ccc(C3CCC(CCCC)CC3)c(F)c2)OC1. The van der Waals surface area contributed by atoms with E-state index >= 15 is 0 Å². The van der Waals surface area contributed by atoms with Crippen LogP contribution in [0.3, 0.4) is 0 Å². The van der Waals surface area contributed by atoms with Crippen LogP contribution in [0.1, 0.15) is 108 Å². The summed E-state index contributed by atoms with van der Waals surface area (Å²) >= 11 is 0. The molecule has 0 amide bonds. The summed E-state index contributed by atoms with van der Waals surface area (Å²) in [7, 11) is 0. The van der Waals surface area contributed by atoms with Gasteiger partial charge in [0.2, 0.25) is 0 Å². The van der Waals surface area contributed by atoms with Gasteiger partial charge in [-0.1, -0.05) is 64.5 Å². The fourth-order valence-corrected chi connectivity index (χ4v) is 5.20. The molecule has 1 aliphatic heterocycles. The van der Waals surface area contributed by atoms with Gasteiger partial charge in [0.1, 0.15) is 5.82 Å². The fourth-order valence-electron chi connectivity index (χ4n) is 5.20. The van der Waals surface area contributed by atoms with Gasteiger partial charge in [-0.25, -0.2) is 4.39 Å². The number of hydrogen-bond acceptors (Lipinski definition) is 2.